The maximum atomic E-state index is 13.1. The van der Waals surface area contributed by atoms with Gasteiger partial charge in [-0.15, -0.1) is 0 Å². The molecule has 1 heterocycles. The average molecular weight is 534 g/mol. The highest BCUT2D eigenvalue weighted by atomic mass is 35.5. The van der Waals surface area contributed by atoms with Crippen LogP contribution in [0.5, 0.6) is 5.75 Å². The second-order valence-corrected chi connectivity index (χ2v) is 8.64. The molecule has 1 aliphatic heterocycles. The summed E-state index contributed by atoms with van der Waals surface area (Å²) in [7, 11) is 1.45. The van der Waals surface area contributed by atoms with Crippen LogP contribution in [0, 0.1) is 6.92 Å². The van der Waals surface area contributed by atoms with Crippen molar-refractivity contribution in [3.63, 3.8) is 0 Å². The number of ether oxygens (including phenoxy) is 2. The first-order chi connectivity index (χ1) is 18.2. The molecule has 1 aliphatic rings. The van der Waals surface area contributed by atoms with Gasteiger partial charge in [-0.3, -0.25) is 14.4 Å². The van der Waals surface area contributed by atoms with Crippen LogP contribution in [0.25, 0.3) is 0 Å². The van der Waals surface area contributed by atoms with E-state index in [1.807, 2.05) is 6.92 Å². The number of amides is 3. The summed E-state index contributed by atoms with van der Waals surface area (Å²) in [6.07, 6.45) is 0. The number of halogens is 1. The Labute approximate surface area is 224 Å². The molecule has 3 aromatic rings. The molecule has 0 fully saturated rings. The summed E-state index contributed by atoms with van der Waals surface area (Å²) in [4.78, 5) is 51.4. The Morgan fingerprint density at radius 3 is 2.16 bits per heavy atom. The number of benzene rings is 3. The van der Waals surface area contributed by atoms with Gasteiger partial charge in [-0.1, -0.05) is 17.7 Å². The zero-order valence-corrected chi connectivity index (χ0v) is 21.6. The maximum absolute atomic E-state index is 13.1. The van der Waals surface area contributed by atoms with Gasteiger partial charge in [0.25, 0.3) is 17.7 Å². The topological polar surface area (TPSA) is 114 Å². The molecule has 10 heteroatoms. The normalized spacial score (nSPS) is 13.0. The predicted octanol–water partition coefficient (Wildman–Crippen LogP) is 4.87. The molecule has 0 bridgehead atoms. The van der Waals surface area contributed by atoms with Crippen molar-refractivity contribution in [1.29, 1.82) is 0 Å². The molecular weight excluding hydrogens is 510 g/mol. The highest BCUT2D eigenvalue weighted by Gasteiger charge is 2.40. The number of nitrogens with zero attached hydrogens (tertiary/aromatic N) is 1. The van der Waals surface area contributed by atoms with Gasteiger partial charge in [0, 0.05) is 16.9 Å². The lowest BCUT2D eigenvalue weighted by atomic mass is 10.1. The van der Waals surface area contributed by atoms with Crippen LogP contribution < -0.4 is 20.3 Å². The minimum absolute atomic E-state index is 0.0842. The monoisotopic (exact) mass is 533 g/mol. The van der Waals surface area contributed by atoms with Gasteiger partial charge in [-0.2, -0.15) is 0 Å². The fourth-order valence-electron chi connectivity index (χ4n) is 3.76. The van der Waals surface area contributed by atoms with E-state index in [-0.39, 0.29) is 23.2 Å². The van der Waals surface area contributed by atoms with Crippen LogP contribution in [0.15, 0.2) is 77.5 Å². The van der Waals surface area contributed by atoms with Crippen LogP contribution in [0.3, 0.4) is 0 Å². The van der Waals surface area contributed by atoms with E-state index in [4.69, 9.17) is 21.1 Å². The van der Waals surface area contributed by atoms with E-state index in [2.05, 4.69) is 10.6 Å². The molecule has 0 aliphatic carbocycles. The van der Waals surface area contributed by atoms with Crippen LogP contribution in [0.4, 0.5) is 17.1 Å². The summed E-state index contributed by atoms with van der Waals surface area (Å²) in [6, 6.07) is 17.8. The minimum atomic E-state index is -0.673. The molecule has 9 nitrogen and oxygen atoms in total. The number of imide groups is 1. The van der Waals surface area contributed by atoms with Crippen molar-refractivity contribution in [2.24, 2.45) is 0 Å². The first kappa shape index (κ1) is 26.4. The molecule has 3 amide bonds. The van der Waals surface area contributed by atoms with Crippen LogP contribution in [-0.4, -0.2) is 37.4 Å². The quantitative estimate of drug-likeness (QED) is 0.313. The van der Waals surface area contributed by atoms with Gasteiger partial charge < -0.3 is 20.1 Å². The van der Waals surface area contributed by atoms with Crippen molar-refractivity contribution in [2.45, 2.75) is 13.8 Å². The smallest absolute Gasteiger partial charge is 0.338 e. The molecule has 3 aromatic carbocycles. The third-order valence-corrected chi connectivity index (χ3v) is 6.02. The number of rotatable bonds is 8. The second-order valence-electron chi connectivity index (χ2n) is 8.26. The van der Waals surface area contributed by atoms with E-state index in [1.165, 1.54) is 7.11 Å². The summed E-state index contributed by atoms with van der Waals surface area (Å²) >= 11 is 6.24. The van der Waals surface area contributed by atoms with Gasteiger partial charge in [0.15, 0.2) is 0 Å². The molecule has 0 radical (unpaired) electrons. The van der Waals surface area contributed by atoms with Gasteiger partial charge in [-0.05, 0) is 80.1 Å². The molecule has 38 heavy (non-hydrogen) atoms. The van der Waals surface area contributed by atoms with Crippen molar-refractivity contribution in [3.8, 4) is 5.75 Å². The highest BCUT2D eigenvalue weighted by Crippen LogP contribution is 2.36. The van der Waals surface area contributed by atoms with Gasteiger partial charge >= 0.3 is 5.97 Å². The van der Waals surface area contributed by atoms with Crippen molar-refractivity contribution in [1.82, 2.24) is 0 Å². The Balaban J connectivity index is 1.45. The van der Waals surface area contributed by atoms with Crippen LogP contribution in [0.2, 0.25) is 0 Å². The van der Waals surface area contributed by atoms with Crippen LogP contribution >= 0.6 is 11.6 Å². The highest BCUT2D eigenvalue weighted by molar-refractivity contribution is 6.53. The molecule has 194 valence electrons. The maximum Gasteiger partial charge on any atom is 0.338 e. The Morgan fingerprint density at radius 2 is 1.53 bits per heavy atom. The number of carbonyl (C=O) groups excluding carboxylic acids is 4. The van der Waals surface area contributed by atoms with E-state index < -0.39 is 17.8 Å². The lowest BCUT2D eigenvalue weighted by Gasteiger charge is -2.18. The molecular formula is C28H24ClN3O6. The zero-order valence-electron chi connectivity index (χ0n) is 20.8. The number of esters is 1. The lowest BCUT2D eigenvalue weighted by Crippen LogP contribution is -2.32. The number of nitrogens with one attached hydrogen (secondary N) is 2. The number of anilines is 3. The average Bonchev–Trinajstić information content (AvgIpc) is 3.12. The van der Waals surface area contributed by atoms with Gasteiger partial charge in [0.1, 0.15) is 16.5 Å². The summed E-state index contributed by atoms with van der Waals surface area (Å²) < 4.78 is 10.3. The van der Waals surface area contributed by atoms with Crippen molar-refractivity contribution in [3.05, 3.63) is 94.1 Å². The minimum Gasteiger partial charge on any atom is -0.495 e. The third-order valence-electron chi connectivity index (χ3n) is 5.67. The van der Waals surface area contributed by atoms with Crippen molar-refractivity contribution < 1.29 is 28.7 Å². The van der Waals surface area contributed by atoms with E-state index in [0.29, 0.717) is 33.9 Å². The predicted molar refractivity (Wildman–Crippen MR) is 144 cm³/mol. The summed E-state index contributed by atoms with van der Waals surface area (Å²) in [5, 5.41) is 5.38. The number of carbonyl (C=O) groups is 4. The Morgan fingerprint density at radius 1 is 0.895 bits per heavy atom. The van der Waals surface area contributed by atoms with Gasteiger partial charge in [0.2, 0.25) is 0 Å². The summed E-state index contributed by atoms with van der Waals surface area (Å²) in [5.74, 6) is -1.76. The van der Waals surface area contributed by atoms with E-state index in [9.17, 15) is 19.2 Å². The lowest BCUT2D eigenvalue weighted by molar-refractivity contribution is -0.120. The molecule has 2 N–H and O–H groups in total. The molecule has 0 atom stereocenters. The Bertz CT molecular complexity index is 1450. The van der Waals surface area contributed by atoms with E-state index >= 15 is 0 Å². The Hall–Kier alpha value is -4.63. The number of methoxy groups -OCH3 is 1. The molecule has 0 saturated heterocycles. The molecule has 0 aromatic heterocycles. The zero-order chi connectivity index (χ0) is 27.4. The third kappa shape index (κ3) is 5.37. The van der Waals surface area contributed by atoms with E-state index in [0.717, 1.165) is 10.5 Å². The van der Waals surface area contributed by atoms with Crippen molar-refractivity contribution >= 4 is 52.4 Å². The summed E-state index contributed by atoms with van der Waals surface area (Å²) in [6.45, 7) is 3.83. The largest absolute Gasteiger partial charge is 0.495 e. The van der Waals surface area contributed by atoms with Gasteiger partial charge in [0.05, 0.1) is 25.0 Å². The van der Waals surface area contributed by atoms with Gasteiger partial charge in [-0.25, -0.2) is 9.69 Å². The molecule has 0 unspecified atom stereocenters. The number of hydrogen-bond donors (Lipinski definition) is 2. The second kappa shape index (κ2) is 11.2. The number of hydrogen-bond acceptors (Lipinski definition) is 7. The standard InChI is InChI=1S/C28H24ClN3O6/c1-4-38-28(36)18-8-12-20(13-9-18)31-25(33)17-6-10-19(11-7-17)30-24-23(29)26(34)32(27(24)35)21-15-16(2)5-14-22(21)37-3/h5-15,30H,4H2,1-3H3,(H,31,33). The first-order valence-electron chi connectivity index (χ1n) is 11.6. The molecule has 0 saturated carbocycles. The molecule has 0 spiro atoms. The van der Waals surface area contributed by atoms with Crippen LogP contribution in [0.1, 0.15) is 33.2 Å². The van der Waals surface area contributed by atoms with Crippen molar-refractivity contribution in [2.75, 3.05) is 29.3 Å². The van der Waals surface area contributed by atoms with Crippen LogP contribution in [-0.2, 0) is 14.3 Å². The fourth-order valence-corrected chi connectivity index (χ4v) is 3.97. The fraction of sp³-hybridized carbons (Fsp3) is 0.143. The molecule has 4 rings (SSSR count). The first-order valence-corrected chi connectivity index (χ1v) is 12.0. The Kier molecular flexibility index (Phi) is 7.78. The van der Waals surface area contributed by atoms with E-state index in [1.54, 1.807) is 73.7 Å². The number of aryl methyl sites for hydroxylation is 1. The summed E-state index contributed by atoms with van der Waals surface area (Å²) in [5.41, 5.74) is 2.73. The SMILES string of the molecule is CCOC(=O)c1ccc(NC(=O)c2ccc(NC3=C(Cl)C(=O)N(c4cc(C)ccc4OC)C3=O)cc2)cc1.